The molecule has 0 atom stereocenters. The van der Waals surface area contributed by atoms with E-state index in [-0.39, 0.29) is 29.9 Å². The smallest absolute Gasteiger partial charge is 0.289 e. The van der Waals surface area contributed by atoms with Crippen molar-refractivity contribution < 1.29 is 9.21 Å². The molecule has 1 saturated heterocycles. The number of guanidine groups is 1. The van der Waals surface area contributed by atoms with E-state index in [2.05, 4.69) is 44.4 Å². The number of furan rings is 1. The van der Waals surface area contributed by atoms with Gasteiger partial charge in [0.2, 0.25) is 0 Å². The molecule has 0 saturated carbocycles. The van der Waals surface area contributed by atoms with Crippen LogP contribution in [0.4, 0.5) is 0 Å². The molecule has 1 aromatic carbocycles. The van der Waals surface area contributed by atoms with Gasteiger partial charge in [-0.25, -0.2) is 0 Å². The molecule has 0 aliphatic carbocycles. The highest BCUT2D eigenvalue weighted by Crippen LogP contribution is 2.18. The highest BCUT2D eigenvalue weighted by molar-refractivity contribution is 14.0. The van der Waals surface area contributed by atoms with Crippen LogP contribution in [0.25, 0.3) is 0 Å². The monoisotopic (exact) mass is 537 g/mol. The van der Waals surface area contributed by atoms with E-state index in [1.54, 1.807) is 12.1 Å². The van der Waals surface area contributed by atoms with Crippen molar-refractivity contribution in [1.29, 1.82) is 0 Å². The summed E-state index contributed by atoms with van der Waals surface area (Å²) in [6, 6.07) is 12.2. The first-order valence-electron chi connectivity index (χ1n) is 10.8. The molecule has 2 aliphatic heterocycles. The van der Waals surface area contributed by atoms with Crippen molar-refractivity contribution >= 4 is 35.8 Å². The third kappa shape index (κ3) is 6.00. The summed E-state index contributed by atoms with van der Waals surface area (Å²) in [5.74, 6) is 1.29. The van der Waals surface area contributed by atoms with Crippen molar-refractivity contribution in [2.24, 2.45) is 4.99 Å². The Morgan fingerprint density at radius 3 is 2.48 bits per heavy atom. The minimum atomic E-state index is -0.0364. The standard InChI is InChI=1S/C23H31N5O2.HI/c1-24-23(28-15-13-27(14-16-28)22(29)21-8-4-17-30-21)25-10-5-11-26-12-9-19-6-2-3-7-20(19)18-26;/h2-4,6-8,17H,5,9-16,18H2,1H3,(H,24,25);1H. The maximum Gasteiger partial charge on any atom is 0.289 e. The van der Waals surface area contributed by atoms with E-state index in [0.29, 0.717) is 18.8 Å². The van der Waals surface area contributed by atoms with Crippen LogP contribution in [0.15, 0.2) is 52.1 Å². The number of carbonyl (C=O) groups is 1. The SMILES string of the molecule is CN=C(NCCCN1CCc2ccccc2C1)N1CCN(C(=O)c2ccco2)CC1.I. The largest absolute Gasteiger partial charge is 0.459 e. The van der Waals surface area contributed by atoms with Gasteiger partial charge in [-0.2, -0.15) is 0 Å². The van der Waals surface area contributed by atoms with Gasteiger partial charge >= 0.3 is 0 Å². The Labute approximate surface area is 201 Å². The van der Waals surface area contributed by atoms with Gasteiger partial charge in [-0.05, 0) is 36.1 Å². The molecule has 7 nitrogen and oxygen atoms in total. The summed E-state index contributed by atoms with van der Waals surface area (Å²) < 4.78 is 5.23. The van der Waals surface area contributed by atoms with Crippen LogP contribution in [0, 0.1) is 0 Å². The molecule has 1 fully saturated rings. The molecule has 0 unspecified atom stereocenters. The van der Waals surface area contributed by atoms with Crippen LogP contribution in [-0.4, -0.2) is 79.4 Å². The molecule has 1 aromatic heterocycles. The molecule has 0 bridgehead atoms. The maximum atomic E-state index is 12.4. The van der Waals surface area contributed by atoms with Crippen LogP contribution in [-0.2, 0) is 13.0 Å². The molecular formula is C23H32IN5O2. The van der Waals surface area contributed by atoms with Crippen molar-refractivity contribution in [1.82, 2.24) is 20.0 Å². The van der Waals surface area contributed by atoms with Gasteiger partial charge in [-0.15, -0.1) is 24.0 Å². The summed E-state index contributed by atoms with van der Waals surface area (Å²) in [5, 5.41) is 3.50. The summed E-state index contributed by atoms with van der Waals surface area (Å²) in [6.45, 7) is 7.07. The lowest BCUT2D eigenvalue weighted by atomic mass is 10.00. The molecule has 2 aliphatic rings. The highest BCUT2D eigenvalue weighted by atomic mass is 127. The fourth-order valence-corrected chi connectivity index (χ4v) is 4.26. The van der Waals surface area contributed by atoms with E-state index < -0.39 is 0 Å². The van der Waals surface area contributed by atoms with Crippen molar-refractivity contribution in [2.45, 2.75) is 19.4 Å². The fraction of sp³-hybridized carbons (Fsp3) is 0.478. The van der Waals surface area contributed by atoms with E-state index in [0.717, 1.165) is 58.1 Å². The van der Waals surface area contributed by atoms with Crippen LogP contribution >= 0.6 is 24.0 Å². The zero-order chi connectivity index (χ0) is 20.8. The first kappa shape index (κ1) is 23.6. The number of rotatable bonds is 5. The Kier molecular flexibility index (Phi) is 8.77. The molecule has 4 rings (SSSR count). The number of fused-ring (bicyclic) bond motifs is 1. The van der Waals surface area contributed by atoms with Crippen LogP contribution in [0.5, 0.6) is 0 Å². The molecule has 3 heterocycles. The van der Waals surface area contributed by atoms with Crippen molar-refractivity contribution in [3.8, 4) is 0 Å². The highest BCUT2D eigenvalue weighted by Gasteiger charge is 2.25. The maximum absolute atomic E-state index is 12.4. The first-order chi connectivity index (χ1) is 14.7. The predicted octanol–water partition coefficient (Wildman–Crippen LogP) is 2.68. The minimum absolute atomic E-state index is 0. The third-order valence-corrected chi connectivity index (χ3v) is 5.95. The average molecular weight is 537 g/mol. The second-order valence-corrected chi connectivity index (χ2v) is 7.88. The predicted molar refractivity (Wildman–Crippen MR) is 133 cm³/mol. The van der Waals surface area contributed by atoms with Gasteiger partial charge in [0, 0.05) is 59.4 Å². The van der Waals surface area contributed by atoms with Gasteiger partial charge in [0.05, 0.1) is 6.26 Å². The third-order valence-electron chi connectivity index (χ3n) is 5.95. The summed E-state index contributed by atoms with van der Waals surface area (Å²) in [7, 11) is 1.82. The normalized spacial score (nSPS) is 17.1. The summed E-state index contributed by atoms with van der Waals surface area (Å²) in [4.78, 5) is 23.5. The zero-order valence-corrected chi connectivity index (χ0v) is 20.5. The number of benzene rings is 1. The second-order valence-electron chi connectivity index (χ2n) is 7.88. The molecule has 8 heteroatoms. The van der Waals surface area contributed by atoms with Crippen LogP contribution in [0.1, 0.15) is 28.1 Å². The molecule has 168 valence electrons. The quantitative estimate of drug-likeness (QED) is 0.275. The first-order valence-corrected chi connectivity index (χ1v) is 10.8. The zero-order valence-electron chi connectivity index (χ0n) is 18.1. The lowest BCUT2D eigenvalue weighted by Crippen LogP contribution is -2.54. The number of piperazine rings is 1. The number of amides is 1. The van der Waals surface area contributed by atoms with E-state index in [4.69, 9.17) is 4.42 Å². The van der Waals surface area contributed by atoms with Crippen molar-refractivity contribution in [2.75, 3.05) is 52.9 Å². The second kappa shape index (κ2) is 11.5. The van der Waals surface area contributed by atoms with Crippen LogP contribution in [0.3, 0.4) is 0 Å². The Balaban J connectivity index is 0.00000272. The van der Waals surface area contributed by atoms with E-state index in [9.17, 15) is 4.79 Å². The number of hydrogen-bond donors (Lipinski definition) is 1. The lowest BCUT2D eigenvalue weighted by Gasteiger charge is -2.36. The molecular weight excluding hydrogens is 505 g/mol. The van der Waals surface area contributed by atoms with E-state index in [1.807, 2.05) is 11.9 Å². The van der Waals surface area contributed by atoms with Crippen LogP contribution < -0.4 is 5.32 Å². The van der Waals surface area contributed by atoms with E-state index >= 15 is 0 Å². The minimum Gasteiger partial charge on any atom is -0.459 e. The Morgan fingerprint density at radius 1 is 1.03 bits per heavy atom. The number of nitrogens with one attached hydrogen (secondary N) is 1. The number of nitrogens with zero attached hydrogens (tertiary/aromatic N) is 4. The van der Waals surface area contributed by atoms with Gasteiger partial charge in [-0.1, -0.05) is 24.3 Å². The van der Waals surface area contributed by atoms with E-state index in [1.165, 1.54) is 17.4 Å². The van der Waals surface area contributed by atoms with Gasteiger partial charge in [0.15, 0.2) is 11.7 Å². The Morgan fingerprint density at radius 2 is 1.77 bits per heavy atom. The summed E-state index contributed by atoms with van der Waals surface area (Å²) in [6.07, 6.45) is 3.77. The number of carbonyl (C=O) groups excluding carboxylic acids is 1. The summed E-state index contributed by atoms with van der Waals surface area (Å²) in [5.41, 5.74) is 2.96. The van der Waals surface area contributed by atoms with Crippen molar-refractivity contribution in [3.05, 3.63) is 59.5 Å². The average Bonchev–Trinajstić information content (AvgIpc) is 3.34. The molecule has 31 heavy (non-hydrogen) atoms. The van der Waals surface area contributed by atoms with Gasteiger partial charge in [-0.3, -0.25) is 14.7 Å². The van der Waals surface area contributed by atoms with Crippen LogP contribution in [0.2, 0.25) is 0 Å². The number of hydrogen-bond acceptors (Lipinski definition) is 4. The molecule has 0 radical (unpaired) electrons. The Bertz CT molecular complexity index is 863. The van der Waals surface area contributed by atoms with Crippen molar-refractivity contribution in [3.63, 3.8) is 0 Å². The van der Waals surface area contributed by atoms with Gasteiger partial charge in [0.25, 0.3) is 5.91 Å². The Hall–Kier alpha value is -2.07. The topological polar surface area (TPSA) is 64.3 Å². The fourth-order valence-electron chi connectivity index (χ4n) is 4.26. The van der Waals surface area contributed by atoms with Gasteiger partial charge in [0.1, 0.15) is 0 Å². The number of aliphatic imine (C=N–C) groups is 1. The molecule has 1 N–H and O–H groups in total. The number of halogens is 1. The van der Waals surface area contributed by atoms with Gasteiger partial charge < -0.3 is 19.5 Å². The lowest BCUT2D eigenvalue weighted by molar-refractivity contribution is 0.0657. The summed E-state index contributed by atoms with van der Waals surface area (Å²) >= 11 is 0. The molecule has 0 spiro atoms. The molecule has 2 aromatic rings. The molecule has 1 amide bonds.